The smallest absolute Gasteiger partial charge is 0.180 e. The fraction of sp³-hybridized carbons (Fsp3) is 0.200. The van der Waals surface area contributed by atoms with E-state index in [1.807, 2.05) is 6.07 Å². The number of ether oxygens (including phenoxy) is 1. The molecule has 1 rings (SSSR count). The van der Waals surface area contributed by atoms with E-state index < -0.39 is 0 Å². The van der Waals surface area contributed by atoms with Gasteiger partial charge in [0.1, 0.15) is 5.75 Å². The zero-order chi connectivity index (χ0) is 10.6. The first kappa shape index (κ1) is 10.2. The number of hydrogen-bond acceptors (Lipinski definition) is 4. The van der Waals surface area contributed by atoms with Crippen LogP contribution < -0.4 is 10.5 Å². The van der Waals surface area contributed by atoms with E-state index in [-0.39, 0.29) is 12.3 Å². The molecule has 0 unspecified atom stereocenters. The van der Waals surface area contributed by atoms with E-state index in [0.29, 0.717) is 16.9 Å². The highest BCUT2D eigenvalue weighted by Gasteiger charge is 2.10. The quantitative estimate of drug-likeness (QED) is 0.712. The first-order valence-corrected chi connectivity index (χ1v) is 4.04. The van der Waals surface area contributed by atoms with Crippen molar-refractivity contribution in [3.05, 3.63) is 29.3 Å². The maximum Gasteiger partial charge on any atom is 0.180 e. The molecule has 0 aromatic heterocycles. The number of nitriles is 1. The van der Waals surface area contributed by atoms with Gasteiger partial charge in [-0.1, -0.05) is 0 Å². The number of hydrogen-bond donors (Lipinski definition) is 1. The van der Waals surface area contributed by atoms with E-state index in [2.05, 4.69) is 0 Å². The number of ketones is 1. The summed E-state index contributed by atoms with van der Waals surface area (Å²) in [6, 6.07) is 6.60. The average Bonchev–Trinajstić information content (AvgIpc) is 2.27. The maximum atomic E-state index is 11.3. The molecule has 1 aromatic rings. The van der Waals surface area contributed by atoms with Gasteiger partial charge in [-0.2, -0.15) is 5.26 Å². The Hall–Kier alpha value is -1.86. The first-order valence-electron chi connectivity index (χ1n) is 4.04. The molecule has 1 aromatic carbocycles. The van der Waals surface area contributed by atoms with Crippen molar-refractivity contribution in [3.8, 4) is 11.8 Å². The number of benzene rings is 1. The van der Waals surface area contributed by atoms with Crippen LogP contribution in [0.25, 0.3) is 0 Å². The lowest BCUT2D eigenvalue weighted by Gasteiger charge is -2.06. The summed E-state index contributed by atoms with van der Waals surface area (Å²) in [5.41, 5.74) is 6.01. The van der Waals surface area contributed by atoms with Gasteiger partial charge in [0, 0.05) is 0 Å². The second kappa shape index (κ2) is 4.40. The van der Waals surface area contributed by atoms with Gasteiger partial charge in [0.2, 0.25) is 0 Å². The molecule has 0 fully saturated rings. The normalized spacial score (nSPS) is 9.21. The van der Waals surface area contributed by atoms with Crippen molar-refractivity contribution in [2.75, 3.05) is 13.7 Å². The van der Waals surface area contributed by atoms with Crippen molar-refractivity contribution in [2.45, 2.75) is 0 Å². The molecule has 0 atom stereocenters. The summed E-state index contributed by atoms with van der Waals surface area (Å²) in [6.45, 7) is -0.0920. The van der Waals surface area contributed by atoms with Crippen molar-refractivity contribution in [1.29, 1.82) is 5.26 Å². The second-order valence-corrected chi connectivity index (χ2v) is 2.65. The van der Waals surface area contributed by atoms with Gasteiger partial charge in [-0.25, -0.2) is 0 Å². The van der Waals surface area contributed by atoms with Gasteiger partial charge >= 0.3 is 0 Å². The lowest BCUT2D eigenvalue weighted by Crippen LogP contribution is -2.14. The molecule has 0 spiro atoms. The molecular weight excluding hydrogens is 180 g/mol. The highest BCUT2D eigenvalue weighted by atomic mass is 16.5. The summed E-state index contributed by atoms with van der Waals surface area (Å²) in [5, 5.41) is 8.65. The third kappa shape index (κ3) is 1.90. The molecule has 0 heterocycles. The topological polar surface area (TPSA) is 76.1 Å². The van der Waals surface area contributed by atoms with Crippen molar-refractivity contribution < 1.29 is 9.53 Å². The predicted molar refractivity (Wildman–Crippen MR) is 51.1 cm³/mol. The van der Waals surface area contributed by atoms with E-state index in [1.165, 1.54) is 13.2 Å². The van der Waals surface area contributed by atoms with Crippen LogP contribution in [0.15, 0.2) is 18.2 Å². The van der Waals surface area contributed by atoms with E-state index in [1.54, 1.807) is 12.1 Å². The second-order valence-electron chi connectivity index (χ2n) is 2.65. The number of nitrogens with two attached hydrogens (primary N) is 1. The fourth-order valence-corrected chi connectivity index (χ4v) is 1.11. The van der Waals surface area contributed by atoms with Crippen molar-refractivity contribution in [2.24, 2.45) is 5.73 Å². The van der Waals surface area contributed by atoms with Crippen LogP contribution in [0.5, 0.6) is 5.75 Å². The van der Waals surface area contributed by atoms with E-state index in [9.17, 15) is 4.79 Å². The lowest BCUT2D eigenvalue weighted by atomic mass is 10.1. The van der Waals surface area contributed by atoms with Crippen molar-refractivity contribution >= 4 is 5.78 Å². The SMILES string of the molecule is COc1ccc(C#N)cc1C(=O)CN. The van der Waals surface area contributed by atoms with Crippen LogP contribution in [0.1, 0.15) is 15.9 Å². The number of Topliss-reactive ketones (excluding diaryl/α,β-unsaturated/α-hetero) is 1. The average molecular weight is 190 g/mol. The van der Waals surface area contributed by atoms with Crippen LogP contribution in [0.4, 0.5) is 0 Å². The van der Waals surface area contributed by atoms with Gasteiger partial charge in [-0.15, -0.1) is 0 Å². The molecule has 0 aliphatic heterocycles. The minimum atomic E-state index is -0.237. The molecule has 0 saturated heterocycles. The lowest BCUT2D eigenvalue weighted by molar-refractivity contribution is 0.0998. The molecule has 4 heteroatoms. The van der Waals surface area contributed by atoms with Crippen LogP contribution in [-0.2, 0) is 0 Å². The standard InChI is InChI=1S/C10H10N2O2/c1-14-10-3-2-7(5-11)4-8(10)9(13)6-12/h2-4H,6,12H2,1H3. The van der Waals surface area contributed by atoms with Gasteiger partial charge in [0.25, 0.3) is 0 Å². The van der Waals surface area contributed by atoms with Gasteiger partial charge in [-0.05, 0) is 18.2 Å². The van der Waals surface area contributed by atoms with E-state index >= 15 is 0 Å². The largest absolute Gasteiger partial charge is 0.496 e. The zero-order valence-corrected chi connectivity index (χ0v) is 7.78. The van der Waals surface area contributed by atoms with Crippen molar-refractivity contribution in [1.82, 2.24) is 0 Å². The number of carbonyl (C=O) groups is 1. The molecule has 0 saturated carbocycles. The summed E-state index contributed by atoms with van der Waals surface area (Å²) in [5.74, 6) is 0.207. The molecular formula is C10H10N2O2. The Kier molecular flexibility index (Phi) is 3.21. The molecule has 0 aliphatic carbocycles. The molecule has 72 valence electrons. The Morgan fingerprint density at radius 1 is 1.64 bits per heavy atom. The van der Waals surface area contributed by atoms with Crippen LogP contribution in [0, 0.1) is 11.3 Å². The van der Waals surface area contributed by atoms with Gasteiger partial charge in [-0.3, -0.25) is 4.79 Å². The number of methoxy groups -OCH3 is 1. The number of rotatable bonds is 3. The Morgan fingerprint density at radius 2 is 2.36 bits per heavy atom. The van der Waals surface area contributed by atoms with Crippen LogP contribution >= 0.6 is 0 Å². The molecule has 0 radical (unpaired) electrons. The zero-order valence-electron chi connectivity index (χ0n) is 7.78. The monoisotopic (exact) mass is 190 g/mol. The maximum absolute atomic E-state index is 11.3. The molecule has 0 bridgehead atoms. The highest BCUT2D eigenvalue weighted by molar-refractivity contribution is 6.00. The summed E-state index contributed by atoms with van der Waals surface area (Å²) >= 11 is 0. The predicted octanol–water partition coefficient (Wildman–Crippen LogP) is 0.708. The van der Waals surface area contributed by atoms with Gasteiger partial charge in [0.15, 0.2) is 5.78 Å². The van der Waals surface area contributed by atoms with Crippen LogP contribution in [-0.4, -0.2) is 19.4 Å². The summed E-state index contributed by atoms with van der Waals surface area (Å²) in [4.78, 5) is 11.3. The van der Waals surface area contributed by atoms with Gasteiger partial charge in [0.05, 0.1) is 30.9 Å². The minimum Gasteiger partial charge on any atom is -0.496 e. The summed E-state index contributed by atoms with van der Waals surface area (Å²) in [7, 11) is 1.47. The van der Waals surface area contributed by atoms with Gasteiger partial charge < -0.3 is 10.5 Å². The number of nitrogens with zero attached hydrogens (tertiary/aromatic N) is 1. The van der Waals surface area contributed by atoms with Crippen LogP contribution in [0.2, 0.25) is 0 Å². The minimum absolute atomic E-state index is 0.0920. The first-order chi connectivity index (χ1) is 6.72. The van der Waals surface area contributed by atoms with E-state index in [0.717, 1.165) is 0 Å². The third-order valence-electron chi connectivity index (χ3n) is 1.81. The number of carbonyl (C=O) groups excluding carboxylic acids is 1. The Bertz CT molecular complexity index is 394. The van der Waals surface area contributed by atoms with E-state index in [4.69, 9.17) is 15.7 Å². The summed E-state index contributed by atoms with van der Waals surface area (Å²) in [6.07, 6.45) is 0. The Morgan fingerprint density at radius 3 is 2.86 bits per heavy atom. The molecule has 0 aliphatic rings. The summed E-state index contributed by atoms with van der Waals surface area (Å²) < 4.78 is 4.98. The Balaban J connectivity index is 3.23. The molecule has 4 nitrogen and oxygen atoms in total. The van der Waals surface area contributed by atoms with Crippen molar-refractivity contribution in [3.63, 3.8) is 0 Å². The highest BCUT2D eigenvalue weighted by Crippen LogP contribution is 2.19. The Labute approximate surface area is 81.9 Å². The molecule has 0 amide bonds. The fourth-order valence-electron chi connectivity index (χ4n) is 1.11. The third-order valence-corrected chi connectivity index (χ3v) is 1.81. The molecule has 14 heavy (non-hydrogen) atoms. The molecule has 2 N–H and O–H groups in total. The van der Waals surface area contributed by atoms with Crippen LogP contribution in [0.3, 0.4) is 0 Å².